The lowest BCUT2D eigenvalue weighted by Crippen LogP contribution is -2.41. The number of hydrogen-bond acceptors (Lipinski definition) is 8. The van der Waals surface area contributed by atoms with E-state index in [1.165, 1.54) is 6.92 Å². The highest BCUT2D eigenvalue weighted by Crippen LogP contribution is 2.33. The van der Waals surface area contributed by atoms with Crippen molar-refractivity contribution < 1.29 is 29.0 Å². The normalized spacial score (nSPS) is 12.1. The van der Waals surface area contributed by atoms with Crippen molar-refractivity contribution in [3.8, 4) is 0 Å². The summed E-state index contributed by atoms with van der Waals surface area (Å²) in [6, 6.07) is 33.7. The molecule has 0 aliphatic heterocycles. The maximum absolute atomic E-state index is 13.8. The van der Waals surface area contributed by atoms with Gasteiger partial charge in [-0.3, -0.25) is 9.59 Å². The summed E-state index contributed by atoms with van der Waals surface area (Å²) in [7, 11) is 0. The number of ether oxygens (including phenoxy) is 2. The van der Waals surface area contributed by atoms with E-state index in [4.69, 9.17) is 9.47 Å². The molecule has 8 heteroatoms. The fourth-order valence-corrected chi connectivity index (χ4v) is 5.68. The van der Waals surface area contributed by atoms with E-state index < -0.39 is 29.9 Å². The summed E-state index contributed by atoms with van der Waals surface area (Å²) in [5.74, 6) is -1.74. The molecule has 0 radical (unpaired) electrons. The van der Waals surface area contributed by atoms with Crippen LogP contribution in [0.3, 0.4) is 0 Å². The summed E-state index contributed by atoms with van der Waals surface area (Å²) in [5.41, 5.74) is -1.26. The fourth-order valence-electron chi connectivity index (χ4n) is 4.00. The van der Waals surface area contributed by atoms with E-state index >= 15 is 0 Å². The molecular formula is C35H32O6S2. The molecule has 0 aliphatic rings. The molecule has 1 unspecified atom stereocenters. The van der Waals surface area contributed by atoms with E-state index in [0.717, 1.165) is 19.6 Å². The Labute approximate surface area is 260 Å². The van der Waals surface area contributed by atoms with Crippen molar-refractivity contribution in [2.45, 2.75) is 44.9 Å². The molecule has 43 heavy (non-hydrogen) atoms. The number of ketones is 1. The Bertz CT molecular complexity index is 1540. The van der Waals surface area contributed by atoms with E-state index in [0.29, 0.717) is 5.56 Å². The van der Waals surface area contributed by atoms with Crippen molar-refractivity contribution >= 4 is 41.2 Å². The topological polar surface area (TPSA) is 89.9 Å². The Morgan fingerprint density at radius 2 is 1.21 bits per heavy atom. The van der Waals surface area contributed by atoms with Gasteiger partial charge in [0.1, 0.15) is 6.61 Å². The summed E-state index contributed by atoms with van der Waals surface area (Å²) in [4.78, 5) is 41.8. The largest absolute Gasteiger partial charge is 0.462 e. The van der Waals surface area contributed by atoms with Gasteiger partial charge in [-0.15, -0.1) is 0 Å². The van der Waals surface area contributed by atoms with Gasteiger partial charge in [-0.05, 0) is 67.4 Å². The molecule has 4 rings (SSSR count). The number of Topliss-reactive ketones (excluding diaryl/α,β-unsaturated/α-hetero) is 1. The van der Waals surface area contributed by atoms with Crippen molar-refractivity contribution in [1.82, 2.24) is 0 Å². The number of carbonyl (C=O) groups excluding carboxylic acids is 3. The number of benzene rings is 4. The molecule has 0 aromatic heterocycles. The molecule has 0 bridgehead atoms. The predicted octanol–water partition coefficient (Wildman–Crippen LogP) is 7.50. The number of hydrogen-bond donors (Lipinski definition) is 1. The second-order valence-corrected chi connectivity index (χ2v) is 12.0. The third-order valence-electron chi connectivity index (χ3n) is 6.33. The summed E-state index contributed by atoms with van der Waals surface area (Å²) < 4.78 is 10.4. The first kappa shape index (κ1) is 31.8. The Kier molecular flexibility index (Phi) is 11.4. The van der Waals surface area contributed by atoms with E-state index in [1.54, 1.807) is 47.8 Å². The van der Waals surface area contributed by atoms with Gasteiger partial charge in [0, 0.05) is 37.1 Å². The van der Waals surface area contributed by atoms with Gasteiger partial charge in [-0.2, -0.15) is 0 Å². The average Bonchev–Trinajstić information content (AvgIpc) is 3.03. The van der Waals surface area contributed by atoms with Gasteiger partial charge in [0.2, 0.25) is 5.78 Å². The zero-order chi connectivity index (χ0) is 30.7. The second-order valence-electron chi connectivity index (χ2n) is 9.75. The molecule has 0 aliphatic carbocycles. The summed E-state index contributed by atoms with van der Waals surface area (Å²) in [5, 5.41) is 11.8. The van der Waals surface area contributed by atoms with Gasteiger partial charge in [-0.25, -0.2) is 4.79 Å². The highest BCUT2D eigenvalue weighted by atomic mass is 32.2. The zero-order valence-electron chi connectivity index (χ0n) is 23.7. The van der Waals surface area contributed by atoms with Crippen LogP contribution in [-0.4, -0.2) is 36.0 Å². The van der Waals surface area contributed by atoms with Gasteiger partial charge in [0.05, 0.1) is 6.61 Å². The van der Waals surface area contributed by atoms with Gasteiger partial charge < -0.3 is 14.6 Å². The third-order valence-corrected chi connectivity index (χ3v) is 8.36. The maximum atomic E-state index is 13.8. The second kappa shape index (κ2) is 15.4. The van der Waals surface area contributed by atoms with Crippen molar-refractivity contribution in [2.75, 3.05) is 13.2 Å². The van der Waals surface area contributed by atoms with Crippen LogP contribution in [0.5, 0.6) is 0 Å². The third kappa shape index (κ3) is 9.19. The van der Waals surface area contributed by atoms with E-state index in [-0.39, 0.29) is 30.6 Å². The fraction of sp³-hybridized carbons (Fsp3) is 0.171. The minimum absolute atomic E-state index is 0.0257. The average molecular weight is 613 g/mol. The van der Waals surface area contributed by atoms with E-state index in [9.17, 15) is 19.5 Å². The summed E-state index contributed by atoms with van der Waals surface area (Å²) in [6.45, 7) is 4.51. The first-order valence-corrected chi connectivity index (χ1v) is 15.3. The molecule has 0 saturated heterocycles. The summed E-state index contributed by atoms with van der Waals surface area (Å²) in [6.07, 6.45) is 0.183. The van der Waals surface area contributed by atoms with Crippen LogP contribution in [0.15, 0.2) is 141 Å². The van der Waals surface area contributed by atoms with Gasteiger partial charge >= 0.3 is 11.9 Å². The van der Waals surface area contributed by atoms with Gasteiger partial charge in [-0.1, -0.05) is 90.8 Å². The van der Waals surface area contributed by atoms with Crippen molar-refractivity contribution in [3.05, 3.63) is 132 Å². The minimum Gasteiger partial charge on any atom is -0.462 e. The van der Waals surface area contributed by atoms with E-state index in [1.807, 2.05) is 84.9 Å². The molecule has 6 nitrogen and oxygen atoms in total. The molecule has 1 atom stereocenters. The quantitative estimate of drug-likeness (QED) is 0.0678. The monoisotopic (exact) mass is 612 g/mol. The lowest BCUT2D eigenvalue weighted by atomic mass is 9.86. The number of aliphatic hydroxyl groups is 1. The molecule has 0 amide bonds. The van der Waals surface area contributed by atoms with Gasteiger partial charge in [0.15, 0.2) is 5.60 Å². The van der Waals surface area contributed by atoms with Crippen molar-refractivity contribution in [1.29, 1.82) is 0 Å². The predicted molar refractivity (Wildman–Crippen MR) is 168 cm³/mol. The zero-order valence-corrected chi connectivity index (χ0v) is 25.4. The maximum Gasteiger partial charge on any atom is 0.333 e. The van der Waals surface area contributed by atoms with Crippen LogP contribution in [0.1, 0.15) is 35.7 Å². The number of rotatable bonds is 14. The van der Waals surface area contributed by atoms with Crippen LogP contribution in [0.2, 0.25) is 0 Å². The SMILES string of the molecule is C=C(C)C(=O)OCCCC(=O)OCC(O)(C(=O)c1ccc(Sc2ccccc2)cc1)c1ccc(Sc2ccccc2)cc1. The molecule has 0 saturated carbocycles. The molecule has 0 spiro atoms. The molecule has 4 aromatic rings. The Morgan fingerprint density at radius 1 is 0.721 bits per heavy atom. The van der Waals surface area contributed by atoms with Crippen LogP contribution in [0.25, 0.3) is 0 Å². The lowest BCUT2D eigenvalue weighted by Gasteiger charge is -2.27. The minimum atomic E-state index is -2.12. The standard InChI is InChI=1S/C35H32O6S2/c1-25(2)34(38)40-23-9-14-32(36)41-24-35(39,27-17-21-31(22-18-27)43-29-12-7-4-8-13-29)33(37)26-15-19-30(20-16-26)42-28-10-5-3-6-11-28/h3-8,10-13,15-22,39H,1,9,14,23-24H2,2H3. The first-order valence-electron chi connectivity index (χ1n) is 13.7. The first-order chi connectivity index (χ1) is 20.7. The molecule has 220 valence electrons. The van der Waals surface area contributed by atoms with Crippen LogP contribution in [-0.2, 0) is 24.7 Å². The van der Waals surface area contributed by atoms with Crippen molar-refractivity contribution in [2.24, 2.45) is 0 Å². The van der Waals surface area contributed by atoms with Crippen LogP contribution >= 0.6 is 23.5 Å². The van der Waals surface area contributed by atoms with E-state index in [2.05, 4.69) is 6.58 Å². The molecular weight excluding hydrogens is 581 g/mol. The highest BCUT2D eigenvalue weighted by Gasteiger charge is 2.40. The summed E-state index contributed by atoms with van der Waals surface area (Å²) >= 11 is 3.11. The molecule has 4 aromatic carbocycles. The van der Waals surface area contributed by atoms with Crippen LogP contribution in [0, 0.1) is 0 Å². The molecule has 1 N–H and O–H groups in total. The Morgan fingerprint density at radius 3 is 1.72 bits per heavy atom. The van der Waals surface area contributed by atoms with Crippen LogP contribution in [0.4, 0.5) is 0 Å². The lowest BCUT2D eigenvalue weighted by molar-refractivity contribution is -0.150. The number of esters is 2. The smallest absolute Gasteiger partial charge is 0.333 e. The van der Waals surface area contributed by atoms with Gasteiger partial charge in [0.25, 0.3) is 0 Å². The highest BCUT2D eigenvalue weighted by molar-refractivity contribution is 7.99. The van der Waals surface area contributed by atoms with Crippen LogP contribution < -0.4 is 0 Å². The Hall–Kier alpha value is -4.11. The molecule has 0 heterocycles. The molecule has 0 fully saturated rings. The Balaban J connectivity index is 1.49. The van der Waals surface area contributed by atoms with Crippen molar-refractivity contribution in [3.63, 3.8) is 0 Å². The number of carbonyl (C=O) groups is 3.